The highest BCUT2D eigenvalue weighted by Gasteiger charge is 2.32. The molecule has 4 nitrogen and oxygen atoms in total. The van der Waals surface area contributed by atoms with Crippen molar-refractivity contribution in [3.63, 3.8) is 0 Å². The zero-order chi connectivity index (χ0) is 15.3. The van der Waals surface area contributed by atoms with E-state index in [0.717, 1.165) is 41.6 Å². The highest BCUT2D eigenvalue weighted by atomic mass is 35.5. The average Bonchev–Trinajstić information content (AvgIpc) is 2.83. The third-order valence-corrected chi connectivity index (χ3v) is 4.73. The van der Waals surface area contributed by atoms with Gasteiger partial charge in [0.2, 0.25) is 0 Å². The maximum absolute atomic E-state index is 12.7. The van der Waals surface area contributed by atoms with E-state index in [1.165, 1.54) is 0 Å². The second-order valence-corrected chi connectivity index (χ2v) is 6.26. The van der Waals surface area contributed by atoms with Crippen molar-refractivity contribution in [1.82, 2.24) is 4.98 Å². The van der Waals surface area contributed by atoms with Gasteiger partial charge in [-0.3, -0.25) is 9.78 Å². The number of aromatic nitrogens is 1. The van der Waals surface area contributed by atoms with Crippen molar-refractivity contribution in [2.75, 3.05) is 4.90 Å². The van der Waals surface area contributed by atoms with Crippen molar-refractivity contribution in [3.8, 4) is 0 Å². The van der Waals surface area contributed by atoms with Gasteiger partial charge in [0.25, 0.3) is 5.91 Å². The quantitative estimate of drug-likeness (QED) is 0.879. The van der Waals surface area contributed by atoms with Crippen LogP contribution >= 0.6 is 11.6 Å². The monoisotopic (exact) mass is 314 g/mol. The fraction of sp³-hybridized carbons (Fsp3) is 0.294. The zero-order valence-corrected chi connectivity index (χ0v) is 12.7. The van der Waals surface area contributed by atoms with Crippen LogP contribution < -0.4 is 4.90 Å². The molecule has 22 heavy (non-hydrogen) atoms. The van der Waals surface area contributed by atoms with E-state index in [-0.39, 0.29) is 5.91 Å². The number of hydrogen-bond donors (Lipinski definition) is 1. The maximum atomic E-state index is 12.7. The van der Waals surface area contributed by atoms with Crippen LogP contribution in [-0.2, 0) is 13.0 Å². The van der Waals surface area contributed by atoms with Crippen molar-refractivity contribution in [2.24, 2.45) is 0 Å². The fourth-order valence-electron chi connectivity index (χ4n) is 3.40. The normalized spacial score (nSPS) is 20.0. The van der Waals surface area contributed by atoms with Crippen molar-refractivity contribution in [1.29, 1.82) is 0 Å². The molecule has 0 bridgehead atoms. The van der Waals surface area contributed by atoms with Crippen LogP contribution in [0.25, 0.3) is 0 Å². The number of amides is 1. The Morgan fingerprint density at radius 1 is 1.32 bits per heavy atom. The average molecular weight is 315 g/mol. The molecule has 1 N–H and O–H groups in total. The summed E-state index contributed by atoms with van der Waals surface area (Å²) in [4.78, 5) is 18.6. The number of pyridine rings is 1. The first kappa shape index (κ1) is 13.7. The van der Waals surface area contributed by atoms with Gasteiger partial charge >= 0.3 is 0 Å². The lowest BCUT2D eigenvalue weighted by Gasteiger charge is -2.26. The van der Waals surface area contributed by atoms with Crippen LogP contribution in [0.3, 0.4) is 0 Å². The second kappa shape index (κ2) is 5.07. The van der Waals surface area contributed by atoms with E-state index < -0.39 is 6.10 Å². The summed E-state index contributed by atoms with van der Waals surface area (Å²) in [6, 6.07) is 5.36. The Morgan fingerprint density at radius 2 is 2.18 bits per heavy atom. The lowest BCUT2D eigenvalue weighted by molar-refractivity contribution is 0.0995. The predicted molar refractivity (Wildman–Crippen MR) is 84.1 cm³/mol. The van der Waals surface area contributed by atoms with E-state index >= 15 is 0 Å². The van der Waals surface area contributed by atoms with Crippen molar-refractivity contribution >= 4 is 23.2 Å². The SMILES string of the molecule is O=C1c2ccc(Cl)cc2CN1c1cncc2c1CCCC2O. The summed E-state index contributed by atoms with van der Waals surface area (Å²) >= 11 is 6.02. The molecule has 0 fully saturated rings. The summed E-state index contributed by atoms with van der Waals surface area (Å²) in [5.74, 6) is -0.0260. The van der Waals surface area contributed by atoms with E-state index in [4.69, 9.17) is 11.6 Å². The third-order valence-electron chi connectivity index (χ3n) is 4.49. The molecule has 2 aliphatic rings. The number of fused-ring (bicyclic) bond motifs is 2. The van der Waals surface area contributed by atoms with E-state index in [1.54, 1.807) is 29.4 Å². The van der Waals surface area contributed by atoms with Gasteiger partial charge in [0.05, 0.1) is 24.5 Å². The molecule has 2 aromatic rings. The number of anilines is 1. The number of rotatable bonds is 1. The van der Waals surface area contributed by atoms with Crippen LogP contribution in [0.2, 0.25) is 5.02 Å². The summed E-state index contributed by atoms with van der Waals surface area (Å²) in [5.41, 5.74) is 4.34. The number of halogens is 1. The second-order valence-electron chi connectivity index (χ2n) is 5.83. The molecule has 0 radical (unpaired) electrons. The molecule has 1 aliphatic carbocycles. The molecular formula is C17H15ClN2O2. The first-order chi connectivity index (χ1) is 10.6. The third kappa shape index (κ3) is 2.02. The van der Waals surface area contributed by atoms with Gasteiger partial charge in [0, 0.05) is 22.3 Å². The highest BCUT2D eigenvalue weighted by Crippen LogP contribution is 2.38. The molecule has 0 saturated heterocycles. The van der Waals surface area contributed by atoms with Crippen LogP contribution in [0.5, 0.6) is 0 Å². The molecule has 1 aromatic carbocycles. The number of carbonyl (C=O) groups excluding carboxylic acids is 1. The summed E-state index contributed by atoms with van der Waals surface area (Å²) in [6.45, 7) is 0.503. The molecule has 1 amide bonds. The highest BCUT2D eigenvalue weighted by molar-refractivity contribution is 6.31. The summed E-state index contributed by atoms with van der Waals surface area (Å²) in [7, 11) is 0. The molecule has 1 aliphatic heterocycles. The first-order valence-electron chi connectivity index (χ1n) is 7.40. The Morgan fingerprint density at radius 3 is 3.05 bits per heavy atom. The minimum Gasteiger partial charge on any atom is -0.388 e. The first-order valence-corrected chi connectivity index (χ1v) is 7.78. The zero-order valence-electron chi connectivity index (χ0n) is 11.9. The summed E-state index contributed by atoms with van der Waals surface area (Å²) in [5, 5.41) is 10.8. The lowest BCUT2D eigenvalue weighted by atomic mass is 9.89. The van der Waals surface area contributed by atoms with Gasteiger partial charge in [-0.2, -0.15) is 0 Å². The van der Waals surface area contributed by atoms with Gasteiger partial charge in [-0.15, -0.1) is 0 Å². The standard InChI is InChI=1S/C17H15ClN2O2/c18-11-4-5-12-10(6-11)9-20(17(12)22)15-8-19-7-14-13(15)2-1-3-16(14)21/h4-8,16,21H,1-3,9H2. The smallest absolute Gasteiger partial charge is 0.258 e. The van der Waals surface area contributed by atoms with E-state index in [0.29, 0.717) is 17.1 Å². The fourth-order valence-corrected chi connectivity index (χ4v) is 3.59. The molecule has 0 saturated carbocycles. The minimum absolute atomic E-state index is 0.0260. The number of benzene rings is 1. The number of nitrogens with zero attached hydrogens (tertiary/aromatic N) is 2. The number of hydrogen-bond acceptors (Lipinski definition) is 3. The van der Waals surface area contributed by atoms with Gasteiger partial charge in [-0.1, -0.05) is 11.6 Å². The van der Waals surface area contributed by atoms with Crippen LogP contribution in [0.15, 0.2) is 30.6 Å². The van der Waals surface area contributed by atoms with Crippen LogP contribution in [0.1, 0.15) is 46.0 Å². The van der Waals surface area contributed by atoms with E-state index in [2.05, 4.69) is 4.98 Å². The summed E-state index contributed by atoms with van der Waals surface area (Å²) < 4.78 is 0. The largest absolute Gasteiger partial charge is 0.388 e. The van der Waals surface area contributed by atoms with Crippen LogP contribution in [0, 0.1) is 0 Å². The topological polar surface area (TPSA) is 53.4 Å². The molecule has 0 spiro atoms. The molecule has 1 aromatic heterocycles. The molecule has 5 heteroatoms. The Bertz CT molecular complexity index is 775. The Kier molecular flexibility index (Phi) is 3.17. The molecule has 4 rings (SSSR count). The predicted octanol–water partition coefficient (Wildman–Crippen LogP) is 3.27. The molecule has 1 atom stereocenters. The Hall–Kier alpha value is -1.91. The number of carbonyl (C=O) groups is 1. The molecule has 2 heterocycles. The molecule has 112 valence electrons. The Labute approximate surface area is 133 Å². The molecule has 1 unspecified atom stereocenters. The lowest BCUT2D eigenvalue weighted by Crippen LogP contribution is -2.26. The van der Waals surface area contributed by atoms with Gasteiger partial charge < -0.3 is 10.0 Å². The number of aliphatic hydroxyl groups is 1. The Balaban J connectivity index is 1.79. The van der Waals surface area contributed by atoms with E-state index in [1.807, 2.05) is 6.07 Å². The summed E-state index contributed by atoms with van der Waals surface area (Å²) in [6.07, 6.45) is 5.50. The van der Waals surface area contributed by atoms with Gasteiger partial charge in [0.15, 0.2) is 0 Å². The van der Waals surface area contributed by atoms with Crippen molar-refractivity contribution in [2.45, 2.75) is 31.9 Å². The minimum atomic E-state index is -0.481. The maximum Gasteiger partial charge on any atom is 0.258 e. The van der Waals surface area contributed by atoms with Crippen molar-refractivity contribution in [3.05, 3.63) is 57.9 Å². The van der Waals surface area contributed by atoms with Gasteiger partial charge in [-0.05, 0) is 48.6 Å². The van der Waals surface area contributed by atoms with Crippen LogP contribution in [-0.4, -0.2) is 16.0 Å². The molecular weight excluding hydrogens is 300 g/mol. The van der Waals surface area contributed by atoms with Gasteiger partial charge in [-0.25, -0.2) is 0 Å². The van der Waals surface area contributed by atoms with E-state index in [9.17, 15) is 9.90 Å². The van der Waals surface area contributed by atoms with Crippen molar-refractivity contribution < 1.29 is 9.90 Å². The van der Waals surface area contributed by atoms with Crippen LogP contribution in [0.4, 0.5) is 5.69 Å². The van der Waals surface area contributed by atoms with Gasteiger partial charge in [0.1, 0.15) is 0 Å². The number of aliphatic hydroxyl groups excluding tert-OH is 1.